The van der Waals surface area contributed by atoms with Crippen LogP contribution >= 0.6 is 0 Å². The molecule has 0 amide bonds. The Hall–Kier alpha value is -0.860. The predicted molar refractivity (Wildman–Crippen MR) is 56.7 cm³/mol. The lowest BCUT2D eigenvalue weighted by Gasteiger charge is -2.30. The molecule has 0 N–H and O–H groups in total. The number of piperidine rings is 1. The van der Waals surface area contributed by atoms with Crippen molar-refractivity contribution in [1.82, 2.24) is 5.06 Å². The average Bonchev–Trinajstić information content (AvgIpc) is 2.30. The van der Waals surface area contributed by atoms with E-state index in [1.54, 1.807) is 7.11 Å². The molecule has 1 aliphatic rings. The summed E-state index contributed by atoms with van der Waals surface area (Å²) >= 11 is 0. The van der Waals surface area contributed by atoms with Gasteiger partial charge in [-0.2, -0.15) is 5.06 Å². The van der Waals surface area contributed by atoms with Gasteiger partial charge < -0.3 is 4.84 Å². The zero-order valence-corrected chi connectivity index (χ0v) is 8.52. The Bertz CT molecular complexity index is 273. The average molecular weight is 190 g/mol. The van der Waals surface area contributed by atoms with E-state index in [1.807, 2.05) is 5.06 Å². The second-order valence-corrected chi connectivity index (χ2v) is 3.61. The lowest BCUT2D eigenvalue weighted by molar-refractivity contribution is -0.139. The SMILES string of the molecule is CON1CC[CH]C(c2ccccc2)C1. The maximum atomic E-state index is 5.26. The van der Waals surface area contributed by atoms with Gasteiger partial charge in [0.25, 0.3) is 0 Å². The summed E-state index contributed by atoms with van der Waals surface area (Å²) in [6.45, 7) is 1.99. The third-order valence-electron chi connectivity index (χ3n) is 2.72. The molecule has 2 nitrogen and oxygen atoms in total. The lowest BCUT2D eigenvalue weighted by Crippen LogP contribution is -2.33. The van der Waals surface area contributed by atoms with Crippen LogP contribution in [0.5, 0.6) is 0 Å². The van der Waals surface area contributed by atoms with Crippen LogP contribution in [0, 0.1) is 6.42 Å². The van der Waals surface area contributed by atoms with Crippen LogP contribution in [0.4, 0.5) is 0 Å². The molecule has 2 heteroatoms. The highest BCUT2D eigenvalue weighted by atomic mass is 16.7. The van der Waals surface area contributed by atoms with Crippen molar-refractivity contribution in [1.29, 1.82) is 0 Å². The normalized spacial score (nSPS) is 23.6. The Morgan fingerprint density at radius 2 is 2.07 bits per heavy atom. The van der Waals surface area contributed by atoms with Crippen molar-refractivity contribution in [3.05, 3.63) is 42.3 Å². The zero-order valence-electron chi connectivity index (χ0n) is 8.52. The molecule has 1 radical (unpaired) electrons. The maximum Gasteiger partial charge on any atom is 0.0575 e. The van der Waals surface area contributed by atoms with Gasteiger partial charge in [0.1, 0.15) is 0 Å². The van der Waals surface area contributed by atoms with Crippen molar-refractivity contribution in [2.75, 3.05) is 20.2 Å². The Morgan fingerprint density at radius 3 is 2.79 bits per heavy atom. The highest BCUT2D eigenvalue weighted by Crippen LogP contribution is 2.25. The van der Waals surface area contributed by atoms with Crippen molar-refractivity contribution < 1.29 is 4.84 Å². The highest BCUT2D eigenvalue weighted by molar-refractivity contribution is 5.23. The minimum absolute atomic E-state index is 0.518. The topological polar surface area (TPSA) is 12.5 Å². The molecule has 1 atom stereocenters. The first-order valence-corrected chi connectivity index (χ1v) is 5.07. The van der Waals surface area contributed by atoms with E-state index in [2.05, 4.69) is 36.8 Å². The minimum Gasteiger partial charge on any atom is -0.302 e. The van der Waals surface area contributed by atoms with Gasteiger partial charge in [0.15, 0.2) is 0 Å². The van der Waals surface area contributed by atoms with Gasteiger partial charge in [-0.3, -0.25) is 0 Å². The van der Waals surface area contributed by atoms with Crippen LogP contribution in [-0.4, -0.2) is 25.3 Å². The summed E-state index contributed by atoms with van der Waals surface area (Å²) < 4.78 is 0. The molecule has 1 aliphatic heterocycles. The Morgan fingerprint density at radius 1 is 1.29 bits per heavy atom. The van der Waals surface area contributed by atoms with E-state index in [0.29, 0.717) is 5.92 Å². The molecule has 0 spiro atoms. The van der Waals surface area contributed by atoms with Crippen LogP contribution in [0.2, 0.25) is 0 Å². The van der Waals surface area contributed by atoms with E-state index in [9.17, 15) is 0 Å². The van der Waals surface area contributed by atoms with Crippen LogP contribution in [0.25, 0.3) is 0 Å². The largest absolute Gasteiger partial charge is 0.302 e. The first-order chi connectivity index (χ1) is 6.90. The molecule has 0 aromatic heterocycles. The molecule has 1 aromatic rings. The van der Waals surface area contributed by atoms with E-state index in [1.165, 1.54) is 5.56 Å². The summed E-state index contributed by atoms with van der Waals surface area (Å²) in [7, 11) is 1.74. The molecule has 2 rings (SSSR count). The number of benzene rings is 1. The minimum atomic E-state index is 0.518. The van der Waals surface area contributed by atoms with E-state index >= 15 is 0 Å². The first kappa shape index (κ1) is 9.69. The predicted octanol–water partition coefficient (Wildman–Crippen LogP) is 2.24. The number of hydrogen-bond acceptors (Lipinski definition) is 2. The van der Waals surface area contributed by atoms with Gasteiger partial charge in [0, 0.05) is 19.0 Å². The summed E-state index contributed by atoms with van der Waals surface area (Å²) in [5.41, 5.74) is 1.38. The van der Waals surface area contributed by atoms with Crippen LogP contribution in [0.15, 0.2) is 30.3 Å². The van der Waals surface area contributed by atoms with Crippen LogP contribution < -0.4 is 0 Å². The van der Waals surface area contributed by atoms with E-state index in [4.69, 9.17) is 4.84 Å². The molecule has 1 heterocycles. The number of nitrogens with zero attached hydrogens (tertiary/aromatic N) is 1. The monoisotopic (exact) mass is 190 g/mol. The molecule has 0 aliphatic carbocycles. The quantitative estimate of drug-likeness (QED) is 0.709. The van der Waals surface area contributed by atoms with Gasteiger partial charge in [0.2, 0.25) is 0 Å². The van der Waals surface area contributed by atoms with Gasteiger partial charge in [-0.25, -0.2) is 0 Å². The van der Waals surface area contributed by atoms with Gasteiger partial charge in [-0.15, -0.1) is 0 Å². The molecule has 14 heavy (non-hydrogen) atoms. The summed E-state index contributed by atoms with van der Waals surface area (Å²) in [5, 5.41) is 2.03. The van der Waals surface area contributed by atoms with Gasteiger partial charge in [-0.1, -0.05) is 30.3 Å². The molecule has 1 saturated heterocycles. The van der Waals surface area contributed by atoms with Gasteiger partial charge in [-0.05, 0) is 18.4 Å². The Labute approximate surface area is 85.4 Å². The van der Waals surface area contributed by atoms with Crippen LogP contribution in [0.1, 0.15) is 17.9 Å². The third-order valence-corrected chi connectivity index (χ3v) is 2.72. The summed E-state index contributed by atoms with van der Waals surface area (Å²) in [6, 6.07) is 10.6. The molecule has 1 fully saturated rings. The number of hydroxylamine groups is 2. The smallest absolute Gasteiger partial charge is 0.0575 e. The molecule has 75 valence electrons. The number of rotatable bonds is 2. The van der Waals surface area contributed by atoms with Crippen molar-refractivity contribution in [2.45, 2.75) is 12.3 Å². The first-order valence-electron chi connectivity index (χ1n) is 5.07. The van der Waals surface area contributed by atoms with Gasteiger partial charge >= 0.3 is 0 Å². The zero-order chi connectivity index (χ0) is 9.80. The highest BCUT2D eigenvalue weighted by Gasteiger charge is 2.20. The molecule has 1 aromatic carbocycles. The second kappa shape index (κ2) is 4.58. The van der Waals surface area contributed by atoms with E-state index in [0.717, 1.165) is 19.5 Å². The molecule has 1 unspecified atom stereocenters. The Kier molecular flexibility index (Phi) is 3.17. The van der Waals surface area contributed by atoms with Crippen molar-refractivity contribution >= 4 is 0 Å². The molecule has 0 saturated carbocycles. The second-order valence-electron chi connectivity index (χ2n) is 3.61. The van der Waals surface area contributed by atoms with Gasteiger partial charge in [0.05, 0.1) is 7.11 Å². The van der Waals surface area contributed by atoms with Crippen molar-refractivity contribution in [3.63, 3.8) is 0 Å². The van der Waals surface area contributed by atoms with Crippen LogP contribution in [0.3, 0.4) is 0 Å². The van der Waals surface area contributed by atoms with Crippen molar-refractivity contribution in [2.24, 2.45) is 0 Å². The summed E-state index contributed by atoms with van der Waals surface area (Å²) in [5.74, 6) is 0.518. The fraction of sp³-hybridized carbons (Fsp3) is 0.417. The maximum absolute atomic E-state index is 5.26. The summed E-state index contributed by atoms with van der Waals surface area (Å²) in [6.07, 6.45) is 3.48. The third kappa shape index (κ3) is 2.14. The fourth-order valence-corrected chi connectivity index (χ4v) is 1.91. The standard InChI is InChI=1S/C12H16NO/c1-14-13-9-5-8-12(10-13)11-6-3-2-4-7-11/h2-4,6-8,12H,5,9-10H2,1H3. The molecular weight excluding hydrogens is 174 g/mol. The Balaban J connectivity index is 2.04. The van der Waals surface area contributed by atoms with E-state index in [-0.39, 0.29) is 0 Å². The summed E-state index contributed by atoms with van der Waals surface area (Å²) in [4.78, 5) is 5.26. The fourth-order valence-electron chi connectivity index (χ4n) is 1.91. The molecular formula is C12H16NO. The lowest BCUT2D eigenvalue weighted by atomic mass is 9.92. The van der Waals surface area contributed by atoms with Crippen LogP contribution in [-0.2, 0) is 4.84 Å². The van der Waals surface area contributed by atoms with Crippen molar-refractivity contribution in [3.8, 4) is 0 Å². The molecule has 0 bridgehead atoms. The number of hydrogen-bond donors (Lipinski definition) is 0. The van der Waals surface area contributed by atoms with E-state index < -0.39 is 0 Å².